The number of hydrogen-bond donors (Lipinski definition) is 1. The van der Waals surface area contributed by atoms with E-state index in [0.717, 1.165) is 12.8 Å². The van der Waals surface area contributed by atoms with Crippen LogP contribution in [0.3, 0.4) is 0 Å². The zero-order valence-corrected chi connectivity index (χ0v) is 7.58. The van der Waals surface area contributed by atoms with Crippen LogP contribution in [0.5, 0.6) is 0 Å². The first-order valence-corrected chi connectivity index (χ1v) is 4.23. The first-order valence-electron chi connectivity index (χ1n) is 4.23. The molecule has 1 unspecified atom stereocenters. The second-order valence-corrected chi connectivity index (χ2v) is 3.87. The SMILES string of the molecule is CC1(C)CCC(CC=N)N1N=O. The molecule has 0 amide bonds. The normalized spacial score (nSPS) is 27.2. The van der Waals surface area contributed by atoms with E-state index in [4.69, 9.17) is 5.41 Å². The topological polar surface area (TPSA) is 56.5 Å². The lowest BCUT2D eigenvalue weighted by Gasteiger charge is -2.29. The van der Waals surface area contributed by atoms with Crippen LogP contribution in [0.15, 0.2) is 5.29 Å². The molecule has 1 aliphatic rings. The number of nitrogens with one attached hydrogen (secondary N) is 1. The molecule has 0 aromatic heterocycles. The van der Waals surface area contributed by atoms with Gasteiger partial charge in [-0.3, -0.25) is 5.01 Å². The van der Waals surface area contributed by atoms with Crippen molar-refractivity contribution >= 4 is 6.21 Å². The van der Waals surface area contributed by atoms with Crippen LogP contribution in [0.4, 0.5) is 0 Å². The molecule has 1 aliphatic heterocycles. The molecule has 1 heterocycles. The Morgan fingerprint density at radius 3 is 2.92 bits per heavy atom. The maximum absolute atomic E-state index is 10.5. The molecule has 12 heavy (non-hydrogen) atoms. The molecule has 1 atom stereocenters. The lowest BCUT2D eigenvalue weighted by molar-refractivity contribution is 0.135. The van der Waals surface area contributed by atoms with E-state index in [1.807, 2.05) is 13.8 Å². The molecular weight excluding hydrogens is 154 g/mol. The van der Waals surface area contributed by atoms with Crippen molar-refractivity contribution < 1.29 is 0 Å². The van der Waals surface area contributed by atoms with Crippen LogP contribution >= 0.6 is 0 Å². The highest BCUT2D eigenvalue weighted by molar-refractivity contribution is 5.54. The van der Waals surface area contributed by atoms with Crippen LogP contribution in [0.1, 0.15) is 33.1 Å². The Morgan fingerprint density at radius 1 is 1.75 bits per heavy atom. The Kier molecular flexibility index (Phi) is 2.45. The van der Waals surface area contributed by atoms with Gasteiger partial charge in [-0.25, -0.2) is 0 Å². The van der Waals surface area contributed by atoms with Gasteiger partial charge in [-0.2, -0.15) is 0 Å². The molecular formula is C8H15N3O. The molecule has 1 N–H and O–H groups in total. The van der Waals surface area contributed by atoms with Crippen LogP contribution in [-0.2, 0) is 0 Å². The molecule has 4 heteroatoms. The van der Waals surface area contributed by atoms with Gasteiger partial charge in [0.25, 0.3) is 0 Å². The Morgan fingerprint density at radius 2 is 2.42 bits per heavy atom. The molecule has 68 valence electrons. The van der Waals surface area contributed by atoms with Gasteiger partial charge < -0.3 is 5.41 Å². The standard InChI is InChI=1S/C8H15N3O/c1-8(2)5-3-7(4-6-9)11(8)10-12/h6-7,9H,3-5H2,1-2H3. The van der Waals surface area contributed by atoms with Crippen LogP contribution < -0.4 is 0 Å². The fourth-order valence-corrected chi connectivity index (χ4v) is 1.78. The van der Waals surface area contributed by atoms with Gasteiger partial charge in [0.15, 0.2) is 0 Å². The lowest BCUT2D eigenvalue weighted by Crippen LogP contribution is -2.38. The quantitative estimate of drug-likeness (QED) is 0.518. The highest BCUT2D eigenvalue weighted by Crippen LogP contribution is 2.34. The third kappa shape index (κ3) is 1.47. The molecule has 0 radical (unpaired) electrons. The Hall–Kier alpha value is -0.930. The minimum Gasteiger partial charge on any atom is -0.313 e. The number of nitrogens with zero attached hydrogens (tertiary/aromatic N) is 2. The summed E-state index contributed by atoms with van der Waals surface area (Å²) in [6.45, 7) is 4.02. The molecule has 0 saturated carbocycles. The zero-order chi connectivity index (χ0) is 9.19. The van der Waals surface area contributed by atoms with Crippen LogP contribution in [-0.4, -0.2) is 22.8 Å². The molecule has 0 spiro atoms. The first-order chi connectivity index (χ1) is 5.61. The van der Waals surface area contributed by atoms with E-state index in [1.54, 1.807) is 5.01 Å². The van der Waals surface area contributed by atoms with Gasteiger partial charge in [0.1, 0.15) is 0 Å². The Balaban J connectivity index is 2.68. The fraction of sp³-hybridized carbons (Fsp3) is 0.875. The third-order valence-electron chi connectivity index (χ3n) is 2.53. The average molecular weight is 169 g/mol. The smallest absolute Gasteiger partial charge is 0.0559 e. The highest BCUT2D eigenvalue weighted by atomic mass is 16.3. The summed E-state index contributed by atoms with van der Waals surface area (Å²) in [7, 11) is 0. The van der Waals surface area contributed by atoms with E-state index in [9.17, 15) is 4.91 Å². The van der Waals surface area contributed by atoms with Gasteiger partial charge in [0.05, 0.1) is 16.9 Å². The maximum Gasteiger partial charge on any atom is 0.0559 e. The highest BCUT2D eigenvalue weighted by Gasteiger charge is 2.39. The van der Waals surface area contributed by atoms with Gasteiger partial charge in [-0.15, -0.1) is 4.91 Å². The maximum atomic E-state index is 10.5. The Bertz CT molecular complexity index is 191. The number of nitroso groups, excluding NO2 is 1. The van der Waals surface area contributed by atoms with Crippen molar-refractivity contribution in [2.45, 2.75) is 44.7 Å². The predicted octanol–water partition coefficient (Wildman–Crippen LogP) is 1.95. The van der Waals surface area contributed by atoms with Crippen LogP contribution in [0, 0.1) is 10.3 Å². The van der Waals surface area contributed by atoms with Gasteiger partial charge >= 0.3 is 0 Å². The van der Waals surface area contributed by atoms with Gasteiger partial charge in [0.2, 0.25) is 0 Å². The third-order valence-corrected chi connectivity index (χ3v) is 2.53. The van der Waals surface area contributed by atoms with Crippen molar-refractivity contribution in [1.29, 1.82) is 5.41 Å². The second kappa shape index (κ2) is 3.21. The number of hydrogen-bond acceptors (Lipinski definition) is 3. The van der Waals surface area contributed by atoms with Crippen LogP contribution in [0.2, 0.25) is 0 Å². The molecule has 1 fully saturated rings. The van der Waals surface area contributed by atoms with E-state index < -0.39 is 0 Å². The molecule has 0 bridgehead atoms. The molecule has 0 aliphatic carbocycles. The predicted molar refractivity (Wildman–Crippen MR) is 48.1 cm³/mol. The number of rotatable bonds is 3. The van der Waals surface area contributed by atoms with Gasteiger partial charge in [0, 0.05) is 6.42 Å². The molecule has 1 saturated heterocycles. The summed E-state index contributed by atoms with van der Waals surface area (Å²) in [5.74, 6) is 0. The van der Waals surface area contributed by atoms with Crippen molar-refractivity contribution in [3.8, 4) is 0 Å². The summed E-state index contributed by atoms with van der Waals surface area (Å²) in [5.41, 5.74) is -0.116. The van der Waals surface area contributed by atoms with Gasteiger partial charge in [-0.1, -0.05) is 0 Å². The van der Waals surface area contributed by atoms with Crippen molar-refractivity contribution in [2.75, 3.05) is 0 Å². The van der Waals surface area contributed by atoms with Gasteiger partial charge in [-0.05, 0) is 32.9 Å². The van der Waals surface area contributed by atoms with Crippen molar-refractivity contribution in [2.24, 2.45) is 5.29 Å². The van der Waals surface area contributed by atoms with Crippen molar-refractivity contribution in [1.82, 2.24) is 5.01 Å². The van der Waals surface area contributed by atoms with Crippen LogP contribution in [0.25, 0.3) is 0 Å². The summed E-state index contributed by atoms with van der Waals surface area (Å²) in [6.07, 6.45) is 3.94. The summed E-state index contributed by atoms with van der Waals surface area (Å²) >= 11 is 0. The molecule has 1 rings (SSSR count). The molecule has 4 nitrogen and oxygen atoms in total. The molecule has 0 aromatic rings. The molecule has 0 aromatic carbocycles. The average Bonchev–Trinajstić information content (AvgIpc) is 2.27. The summed E-state index contributed by atoms with van der Waals surface area (Å²) in [6, 6.07) is 0.148. The summed E-state index contributed by atoms with van der Waals surface area (Å²) in [4.78, 5) is 10.5. The van der Waals surface area contributed by atoms with E-state index in [0.29, 0.717) is 6.42 Å². The van der Waals surface area contributed by atoms with E-state index in [-0.39, 0.29) is 11.6 Å². The minimum atomic E-state index is -0.116. The monoisotopic (exact) mass is 169 g/mol. The lowest BCUT2D eigenvalue weighted by atomic mass is 10.0. The zero-order valence-electron chi connectivity index (χ0n) is 7.58. The second-order valence-electron chi connectivity index (χ2n) is 3.87. The Labute approximate surface area is 72.4 Å². The fourth-order valence-electron chi connectivity index (χ4n) is 1.78. The largest absolute Gasteiger partial charge is 0.313 e. The minimum absolute atomic E-state index is 0.116. The summed E-state index contributed by atoms with van der Waals surface area (Å²) in [5, 5.41) is 11.6. The summed E-state index contributed by atoms with van der Waals surface area (Å²) < 4.78 is 0. The first kappa shape index (κ1) is 9.16. The van der Waals surface area contributed by atoms with E-state index >= 15 is 0 Å². The van der Waals surface area contributed by atoms with E-state index in [2.05, 4.69) is 5.29 Å². The van der Waals surface area contributed by atoms with Crippen molar-refractivity contribution in [3.05, 3.63) is 4.91 Å². The van der Waals surface area contributed by atoms with E-state index in [1.165, 1.54) is 6.21 Å². The van der Waals surface area contributed by atoms with Crippen molar-refractivity contribution in [3.63, 3.8) is 0 Å².